The van der Waals surface area contributed by atoms with E-state index in [0.29, 0.717) is 6.04 Å². The van der Waals surface area contributed by atoms with Crippen molar-refractivity contribution in [2.75, 3.05) is 19.0 Å². The van der Waals surface area contributed by atoms with Crippen LogP contribution in [-0.4, -0.2) is 20.1 Å². The lowest BCUT2D eigenvalue weighted by atomic mass is 9.78. The summed E-state index contributed by atoms with van der Waals surface area (Å²) in [7, 11) is 4.16. The van der Waals surface area contributed by atoms with E-state index in [1.54, 1.807) is 0 Å². The van der Waals surface area contributed by atoms with E-state index in [0.717, 1.165) is 18.4 Å². The first-order valence-electron chi connectivity index (χ1n) is 7.57. The van der Waals surface area contributed by atoms with Gasteiger partial charge in [-0.3, -0.25) is 0 Å². The largest absolute Gasteiger partial charge is 0.378 e. The van der Waals surface area contributed by atoms with Crippen molar-refractivity contribution in [3.8, 4) is 0 Å². The van der Waals surface area contributed by atoms with E-state index >= 15 is 0 Å². The van der Waals surface area contributed by atoms with Crippen LogP contribution in [0.3, 0.4) is 0 Å². The van der Waals surface area contributed by atoms with Crippen molar-refractivity contribution >= 4 is 5.69 Å². The lowest BCUT2D eigenvalue weighted by molar-refractivity contribution is 0.206. The first kappa shape index (κ1) is 14.4. The summed E-state index contributed by atoms with van der Waals surface area (Å²) in [5.41, 5.74) is 2.65. The van der Waals surface area contributed by atoms with Crippen LogP contribution in [0.2, 0.25) is 0 Å². The van der Waals surface area contributed by atoms with Gasteiger partial charge in [-0.05, 0) is 36.0 Å². The minimum absolute atomic E-state index is 0.692. The summed E-state index contributed by atoms with van der Waals surface area (Å²) in [4.78, 5) is 2.14. The Morgan fingerprint density at radius 2 is 1.79 bits per heavy atom. The van der Waals surface area contributed by atoms with Crippen LogP contribution in [0, 0.1) is 11.8 Å². The van der Waals surface area contributed by atoms with E-state index in [1.165, 1.54) is 30.5 Å². The Hall–Kier alpha value is -1.02. The van der Waals surface area contributed by atoms with Crippen molar-refractivity contribution in [1.29, 1.82) is 0 Å². The van der Waals surface area contributed by atoms with Crippen LogP contribution in [0.15, 0.2) is 24.3 Å². The average molecular weight is 260 g/mol. The van der Waals surface area contributed by atoms with Crippen LogP contribution >= 0.6 is 0 Å². The van der Waals surface area contributed by atoms with E-state index in [2.05, 4.69) is 62.4 Å². The molecule has 0 bridgehead atoms. The van der Waals surface area contributed by atoms with Crippen molar-refractivity contribution in [3.05, 3.63) is 29.8 Å². The molecule has 0 spiro atoms. The monoisotopic (exact) mass is 260 g/mol. The third-order valence-electron chi connectivity index (χ3n) is 4.73. The first-order valence-corrected chi connectivity index (χ1v) is 7.57. The third kappa shape index (κ3) is 3.73. The Balaban J connectivity index is 1.88. The SMILES string of the molecule is CC1CCCC(NCc2ccc(N(C)C)cc2)C1C. The van der Waals surface area contributed by atoms with Gasteiger partial charge in [-0.1, -0.05) is 38.8 Å². The molecule has 1 N–H and O–H groups in total. The second-order valence-corrected chi connectivity index (χ2v) is 6.32. The van der Waals surface area contributed by atoms with E-state index in [1.807, 2.05) is 0 Å². The number of nitrogens with one attached hydrogen (secondary N) is 1. The van der Waals surface area contributed by atoms with E-state index in [-0.39, 0.29) is 0 Å². The summed E-state index contributed by atoms with van der Waals surface area (Å²) in [5, 5.41) is 3.75. The fourth-order valence-corrected chi connectivity index (χ4v) is 3.03. The van der Waals surface area contributed by atoms with Crippen molar-refractivity contribution in [2.24, 2.45) is 11.8 Å². The molecule has 1 aliphatic rings. The number of anilines is 1. The molecule has 0 amide bonds. The molecule has 0 aliphatic heterocycles. The highest BCUT2D eigenvalue weighted by Crippen LogP contribution is 2.29. The van der Waals surface area contributed by atoms with Gasteiger partial charge in [0, 0.05) is 32.4 Å². The molecule has 0 heterocycles. The Kier molecular flexibility index (Phi) is 4.87. The highest BCUT2D eigenvalue weighted by molar-refractivity contribution is 5.45. The Morgan fingerprint density at radius 1 is 1.11 bits per heavy atom. The number of nitrogens with zero attached hydrogens (tertiary/aromatic N) is 1. The predicted octanol–water partition coefficient (Wildman–Crippen LogP) is 3.67. The van der Waals surface area contributed by atoms with Gasteiger partial charge in [-0.2, -0.15) is 0 Å². The molecular formula is C17H28N2. The fraction of sp³-hybridized carbons (Fsp3) is 0.647. The molecule has 19 heavy (non-hydrogen) atoms. The first-order chi connectivity index (χ1) is 9.08. The molecule has 3 unspecified atom stereocenters. The van der Waals surface area contributed by atoms with Gasteiger partial charge in [0.05, 0.1) is 0 Å². The smallest absolute Gasteiger partial charge is 0.0361 e. The molecular weight excluding hydrogens is 232 g/mol. The second kappa shape index (κ2) is 6.42. The second-order valence-electron chi connectivity index (χ2n) is 6.32. The molecule has 3 atom stereocenters. The lowest BCUT2D eigenvalue weighted by Gasteiger charge is -2.34. The summed E-state index contributed by atoms with van der Waals surface area (Å²) in [5.74, 6) is 1.66. The predicted molar refractivity (Wildman–Crippen MR) is 83.6 cm³/mol. The molecule has 2 heteroatoms. The van der Waals surface area contributed by atoms with Crippen LogP contribution in [-0.2, 0) is 6.54 Å². The van der Waals surface area contributed by atoms with E-state index in [9.17, 15) is 0 Å². The van der Waals surface area contributed by atoms with Gasteiger partial charge < -0.3 is 10.2 Å². The highest BCUT2D eigenvalue weighted by atomic mass is 15.1. The van der Waals surface area contributed by atoms with Gasteiger partial charge in [-0.25, -0.2) is 0 Å². The maximum Gasteiger partial charge on any atom is 0.0361 e. The molecule has 2 nitrogen and oxygen atoms in total. The maximum absolute atomic E-state index is 3.75. The van der Waals surface area contributed by atoms with Gasteiger partial charge in [0.15, 0.2) is 0 Å². The Labute approximate surface area is 118 Å². The molecule has 1 saturated carbocycles. The summed E-state index contributed by atoms with van der Waals surface area (Å²) >= 11 is 0. The summed E-state index contributed by atoms with van der Waals surface area (Å²) in [6, 6.07) is 9.56. The molecule has 2 rings (SSSR count). The maximum atomic E-state index is 3.75. The van der Waals surface area contributed by atoms with Gasteiger partial charge in [0.25, 0.3) is 0 Å². The standard InChI is InChI=1S/C17H28N2/c1-13-6-5-7-17(14(13)2)18-12-15-8-10-16(11-9-15)19(3)4/h8-11,13-14,17-18H,5-7,12H2,1-4H3. The molecule has 1 aliphatic carbocycles. The topological polar surface area (TPSA) is 15.3 Å². The van der Waals surface area contributed by atoms with Crippen LogP contribution in [0.5, 0.6) is 0 Å². The number of hydrogen-bond donors (Lipinski definition) is 1. The molecule has 1 aromatic rings. The van der Waals surface area contributed by atoms with Gasteiger partial charge in [-0.15, -0.1) is 0 Å². The van der Waals surface area contributed by atoms with Gasteiger partial charge >= 0.3 is 0 Å². The van der Waals surface area contributed by atoms with Crippen molar-refractivity contribution in [3.63, 3.8) is 0 Å². The summed E-state index contributed by atoms with van der Waals surface area (Å²) in [6.45, 7) is 5.79. The number of hydrogen-bond acceptors (Lipinski definition) is 2. The van der Waals surface area contributed by atoms with Crippen LogP contribution < -0.4 is 10.2 Å². The fourth-order valence-electron chi connectivity index (χ4n) is 3.03. The minimum atomic E-state index is 0.692. The van der Waals surface area contributed by atoms with Gasteiger partial charge in [0.2, 0.25) is 0 Å². The van der Waals surface area contributed by atoms with Crippen LogP contribution in [0.1, 0.15) is 38.7 Å². The quantitative estimate of drug-likeness (QED) is 0.888. The average Bonchev–Trinajstić information content (AvgIpc) is 2.41. The lowest BCUT2D eigenvalue weighted by Crippen LogP contribution is -2.40. The molecule has 0 aromatic heterocycles. The molecule has 0 saturated heterocycles. The number of rotatable bonds is 4. The van der Waals surface area contributed by atoms with Gasteiger partial charge in [0.1, 0.15) is 0 Å². The Bertz CT molecular complexity index is 383. The van der Waals surface area contributed by atoms with Crippen LogP contribution in [0.4, 0.5) is 5.69 Å². The molecule has 106 valence electrons. The van der Waals surface area contributed by atoms with Crippen molar-refractivity contribution in [2.45, 2.75) is 45.7 Å². The van der Waals surface area contributed by atoms with Crippen LogP contribution in [0.25, 0.3) is 0 Å². The normalized spacial score (nSPS) is 27.3. The van der Waals surface area contributed by atoms with Crippen molar-refractivity contribution in [1.82, 2.24) is 5.32 Å². The number of benzene rings is 1. The third-order valence-corrected chi connectivity index (χ3v) is 4.73. The minimum Gasteiger partial charge on any atom is -0.378 e. The van der Waals surface area contributed by atoms with Crippen molar-refractivity contribution < 1.29 is 0 Å². The molecule has 1 aromatic carbocycles. The summed E-state index contributed by atoms with van der Waals surface area (Å²) < 4.78 is 0. The zero-order chi connectivity index (χ0) is 13.8. The van der Waals surface area contributed by atoms with E-state index < -0.39 is 0 Å². The zero-order valence-corrected chi connectivity index (χ0v) is 12.8. The summed E-state index contributed by atoms with van der Waals surface area (Å²) in [6.07, 6.45) is 4.11. The highest BCUT2D eigenvalue weighted by Gasteiger charge is 2.26. The molecule has 0 radical (unpaired) electrons. The Morgan fingerprint density at radius 3 is 2.42 bits per heavy atom. The zero-order valence-electron chi connectivity index (χ0n) is 12.8. The molecule has 1 fully saturated rings. The van der Waals surface area contributed by atoms with E-state index in [4.69, 9.17) is 0 Å².